The molecule has 0 radical (unpaired) electrons. The van der Waals surface area contributed by atoms with Crippen LogP contribution in [0.2, 0.25) is 0 Å². The highest BCUT2D eigenvalue weighted by Crippen LogP contribution is 2.43. The highest BCUT2D eigenvalue weighted by atomic mass is 79.9. The summed E-state index contributed by atoms with van der Waals surface area (Å²) in [6, 6.07) is 2.99. The van der Waals surface area contributed by atoms with Crippen LogP contribution in [0.3, 0.4) is 0 Å². The fourth-order valence-corrected chi connectivity index (χ4v) is 4.42. The van der Waals surface area contributed by atoms with Crippen LogP contribution in [-0.2, 0) is 0 Å². The zero-order valence-corrected chi connectivity index (χ0v) is 16.9. The van der Waals surface area contributed by atoms with Gasteiger partial charge in [-0.25, -0.2) is 4.39 Å². The van der Waals surface area contributed by atoms with Crippen molar-refractivity contribution in [3.8, 4) is 5.75 Å². The number of nitrogens with zero attached hydrogens (tertiary/aromatic N) is 1. The second kappa shape index (κ2) is 10.2. The van der Waals surface area contributed by atoms with Crippen molar-refractivity contribution >= 4 is 40.7 Å². The Morgan fingerprint density at radius 1 is 1.12 bits per heavy atom. The lowest BCUT2D eigenvalue weighted by Crippen LogP contribution is -2.47. The molecule has 2 N–H and O–H groups in total. The van der Waals surface area contributed by atoms with Gasteiger partial charge in [0, 0.05) is 37.8 Å². The molecule has 1 aromatic rings. The molecule has 2 aliphatic rings. The summed E-state index contributed by atoms with van der Waals surface area (Å²) >= 11 is 3.29. The first-order valence-electron chi connectivity index (χ1n) is 8.29. The topological polar surface area (TPSA) is 35.5 Å². The van der Waals surface area contributed by atoms with Crippen LogP contribution in [-0.4, -0.2) is 36.2 Å². The molecule has 24 heavy (non-hydrogen) atoms. The maximum Gasteiger partial charge on any atom is 0.134 e. The summed E-state index contributed by atoms with van der Waals surface area (Å²) in [7, 11) is 0. The number of nitrogens with one attached hydrogen (secondary N) is 1. The average Bonchev–Trinajstić information content (AvgIpc) is 2.54. The van der Waals surface area contributed by atoms with Crippen molar-refractivity contribution < 1.29 is 9.50 Å². The Labute approximate surface area is 164 Å². The summed E-state index contributed by atoms with van der Waals surface area (Å²) in [5, 5.41) is 13.9. The van der Waals surface area contributed by atoms with E-state index in [-0.39, 0.29) is 42.4 Å². The van der Waals surface area contributed by atoms with E-state index >= 15 is 0 Å². The van der Waals surface area contributed by atoms with Crippen molar-refractivity contribution in [1.82, 2.24) is 10.2 Å². The van der Waals surface area contributed by atoms with E-state index in [1.54, 1.807) is 0 Å². The van der Waals surface area contributed by atoms with Gasteiger partial charge in [0.2, 0.25) is 0 Å². The maximum absolute atomic E-state index is 13.9. The number of halogens is 4. The first kappa shape index (κ1) is 22.0. The van der Waals surface area contributed by atoms with E-state index in [0.717, 1.165) is 31.7 Å². The van der Waals surface area contributed by atoms with E-state index in [0.29, 0.717) is 10.4 Å². The number of phenolic OH excluding ortho intramolecular Hbond substituents is 1. The van der Waals surface area contributed by atoms with Gasteiger partial charge in [0.25, 0.3) is 0 Å². The molecule has 0 amide bonds. The third kappa shape index (κ3) is 4.98. The summed E-state index contributed by atoms with van der Waals surface area (Å²) in [6.45, 7) is 3.82. The molecule has 1 aromatic carbocycles. The highest BCUT2D eigenvalue weighted by Gasteiger charge is 2.33. The fourth-order valence-electron chi connectivity index (χ4n) is 3.97. The predicted octanol–water partition coefficient (Wildman–Crippen LogP) is 4.66. The summed E-state index contributed by atoms with van der Waals surface area (Å²) < 4.78 is 14.4. The second-order valence-corrected chi connectivity index (χ2v) is 7.31. The molecular weight excluding hydrogens is 418 g/mol. The Morgan fingerprint density at radius 3 is 2.38 bits per heavy atom. The highest BCUT2D eigenvalue weighted by molar-refractivity contribution is 9.10. The first-order valence-corrected chi connectivity index (χ1v) is 9.09. The minimum absolute atomic E-state index is 0. The number of phenols is 1. The van der Waals surface area contributed by atoms with Crippen LogP contribution in [0, 0.1) is 11.7 Å². The summed E-state index contributed by atoms with van der Waals surface area (Å²) in [6.07, 6.45) is 6.11. The number of aromatic hydroxyl groups is 1. The van der Waals surface area contributed by atoms with Crippen LogP contribution < -0.4 is 5.32 Å². The first-order chi connectivity index (χ1) is 10.7. The standard InChI is InChI=1S/C17H24BrFN2O.2ClH/c18-15-11-13(19)10-14(17(15)22)16(12-4-2-1-3-5-12)21-8-6-20-7-9-21;;/h10-12,16,20,22H,1-9H2;2*1H/t16-;;/m0../s1. The molecule has 7 heteroatoms. The van der Waals surface area contributed by atoms with Gasteiger partial charge in [-0.3, -0.25) is 4.90 Å². The molecule has 0 bridgehead atoms. The molecule has 0 unspecified atom stereocenters. The number of benzene rings is 1. The fraction of sp³-hybridized carbons (Fsp3) is 0.647. The maximum atomic E-state index is 13.9. The van der Waals surface area contributed by atoms with Gasteiger partial charge in [0.1, 0.15) is 11.6 Å². The lowest BCUT2D eigenvalue weighted by atomic mass is 9.80. The van der Waals surface area contributed by atoms with Crippen LogP contribution in [0.1, 0.15) is 43.7 Å². The zero-order valence-electron chi connectivity index (χ0n) is 13.6. The van der Waals surface area contributed by atoms with Crippen LogP contribution in [0.15, 0.2) is 16.6 Å². The Kier molecular flexibility index (Phi) is 9.31. The third-order valence-electron chi connectivity index (χ3n) is 5.02. The van der Waals surface area contributed by atoms with Crippen molar-refractivity contribution in [3.05, 3.63) is 28.0 Å². The number of rotatable bonds is 3. The van der Waals surface area contributed by atoms with Crippen molar-refractivity contribution in [3.63, 3.8) is 0 Å². The number of hydrogen-bond acceptors (Lipinski definition) is 3. The van der Waals surface area contributed by atoms with Crippen LogP contribution in [0.5, 0.6) is 5.75 Å². The summed E-state index contributed by atoms with van der Waals surface area (Å²) in [5.74, 6) is 0.428. The molecule has 1 saturated carbocycles. The van der Waals surface area contributed by atoms with Crippen molar-refractivity contribution in [2.45, 2.75) is 38.1 Å². The van der Waals surface area contributed by atoms with Gasteiger partial charge < -0.3 is 10.4 Å². The van der Waals surface area contributed by atoms with Crippen LogP contribution >= 0.6 is 40.7 Å². The molecule has 138 valence electrons. The van der Waals surface area contributed by atoms with Gasteiger partial charge in [-0.05, 0) is 46.8 Å². The van der Waals surface area contributed by atoms with E-state index in [1.807, 2.05) is 0 Å². The average molecular weight is 444 g/mol. The Bertz CT molecular complexity index is 506. The molecule has 0 spiro atoms. The lowest BCUT2D eigenvalue weighted by Gasteiger charge is -2.41. The SMILES string of the molecule is Cl.Cl.Oc1c(Br)cc(F)cc1[C@H](C1CCCCC1)N1CCNCC1. The van der Waals surface area contributed by atoms with E-state index in [2.05, 4.69) is 26.1 Å². The van der Waals surface area contributed by atoms with Gasteiger partial charge in [0.15, 0.2) is 0 Å². The molecule has 1 aliphatic heterocycles. The van der Waals surface area contributed by atoms with E-state index in [1.165, 1.54) is 44.2 Å². The molecule has 3 rings (SSSR count). The van der Waals surface area contributed by atoms with E-state index < -0.39 is 0 Å². The van der Waals surface area contributed by atoms with Crippen molar-refractivity contribution in [2.75, 3.05) is 26.2 Å². The summed E-state index contributed by atoms with van der Waals surface area (Å²) in [5.41, 5.74) is 0.751. The molecule has 3 nitrogen and oxygen atoms in total. The minimum Gasteiger partial charge on any atom is -0.506 e. The van der Waals surface area contributed by atoms with Crippen LogP contribution in [0.4, 0.5) is 4.39 Å². The Hall–Kier alpha value is -0.0700. The minimum atomic E-state index is -0.282. The molecule has 1 heterocycles. The van der Waals surface area contributed by atoms with E-state index in [4.69, 9.17) is 0 Å². The lowest BCUT2D eigenvalue weighted by molar-refractivity contribution is 0.101. The molecule has 2 fully saturated rings. The van der Waals surface area contributed by atoms with Gasteiger partial charge >= 0.3 is 0 Å². The van der Waals surface area contributed by atoms with Crippen molar-refractivity contribution in [2.24, 2.45) is 5.92 Å². The quantitative estimate of drug-likeness (QED) is 0.712. The van der Waals surface area contributed by atoms with Gasteiger partial charge in [0.05, 0.1) is 4.47 Å². The smallest absolute Gasteiger partial charge is 0.134 e. The number of piperazine rings is 1. The Balaban J connectivity index is 0.00000144. The van der Waals surface area contributed by atoms with Gasteiger partial charge in [-0.15, -0.1) is 24.8 Å². The molecule has 0 aromatic heterocycles. The van der Waals surface area contributed by atoms with Gasteiger partial charge in [-0.2, -0.15) is 0 Å². The molecule has 1 aliphatic carbocycles. The van der Waals surface area contributed by atoms with Crippen LogP contribution in [0.25, 0.3) is 0 Å². The number of hydrogen-bond donors (Lipinski definition) is 2. The molecule has 1 atom stereocenters. The zero-order chi connectivity index (χ0) is 15.5. The Morgan fingerprint density at radius 2 is 1.75 bits per heavy atom. The summed E-state index contributed by atoms with van der Waals surface area (Å²) in [4.78, 5) is 2.42. The van der Waals surface area contributed by atoms with E-state index in [9.17, 15) is 9.50 Å². The van der Waals surface area contributed by atoms with Crippen molar-refractivity contribution in [1.29, 1.82) is 0 Å². The monoisotopic (exact) mass is 442 g/mol. The largest absolute Gasteiger partial charge is 0.506 e. The van der Waals surface area contributed by atoms with Gasteiger partial charge in [-0.1, -0.05) is 19.3 Å². The molecule has 1 saturated heterocycles. The normalized spacial score (nSPS) is 20.8. The third-order valence-corrected chi connectivity index (χ3v) is 5.62. The molecular formula is C17H26BrCl2FN2O. The second-order valence-electron chi connectivity index (χ2n) is 6.45. The predicted molar refractivity (Wildman–Crippen MR) is 104 cm³/mol.